The molecule has 2 aliphatic rings. The largest absolute Gasteiger partial charge is 0.481 e. The Labute approximate surface area is 161 Å². The molecule has 1 N–H and O–H groups in total. The van der Waals surface area contributed by atoms with Crippen LogP contribution in [-0.2, 0) is 19.7 Å². The second kappa shape index (κ2) is 8.42. The quantitative estimate of drug-likeness (QED) is 0.829. The maximum atomic E-state index is 13.5. The van der Waals surface area contributed by atoms with E-state index >= 15 is 0 Å². The minimum atomic E-state index is -0.754. The molecule has 5 nitrogen and oxygen atoms in total. The van der Waals surface area contributed by atoms with Crippen LogP contribution in [0.1, 0.15) is 51.5 Å². The van der Waals surface area contributed by atoms with Gasteiger partial charge in [-0.25, -0.2) is 0 Å². The van der Waals surface area contributed by atoms with Gasteiger partial charge in [-0.1, -0.05) is 44.2 Å². The second-order valence-electron chi connectivity index (χ2n) is 7.85. The first-order valence-electron chi connectivity index (χ1n) is 10.2. The fourth-order valence-corrected chi connectivity index (χ4v) is 4.92. The molecule has 2 atom stereocenters. The molecule has 2 heterocycles. The Morgan fingerprint density at radius 3 is 2.30 bits per heavy atom. The zero-order valence-electron chi connectivity index (χ0n) is 16.4. The van der Waals surface area contributed by atoms with E-state index in [-0.39, 0.29) is 17.9 Å². The van der Waals surface area contributed by atoms with Crippen molar-refractivity contribution in [3.05, 3.63) is 35.9 Å². The fourth-order valence-electron chi connectivity index (χ4n) is 4.92. The third-order valence-electron chi connectivity index (χ3n) is 6.69. The SMILES string of the molecule is CCC(CC)(C(=O)N1CCC([C@@H]2OCCC2C(=O)O)CC1)c1ccccc1. The molecule has 0 aliphatic carbocycles. The van der Waals surface area contributed by atoms with Gasteiger partial charge in [0.2, 0.25) is 5.91 Å². The van der Waals surface area contributed by atoms with E-state index in [0.717, 1.165) is 31.2 Å². The van der Waals surface area contributed by atoms with E-state index in [1.165, 1.54) is 0 Å². The van der Waals surface area contributed by atoms with E-state index < -0.39 is 17.3 Å². The van der Waals surface area contributed by atoms with Crippen molar-refractivity contribution in [3.63, 3.8) is 0 Å². The van der Waals surface area contributed by atoms with Gasteiger partial charge < -0.3 is 14.7 Å². The molecule has 2 aliphatic heterocycles. The summed E-state index contributed by atoms with van der Waals surface area (Å²) in [6.45, 7) is 6.08. The van der Waals surface area contributed by atoms with Crippen molar-refractivity contribution >= 4 is 11.9 Å². The number of aliphatic carboxylic acids is 1. The van der Waals surface area contributed by atoms with Crippen LogP contribution in [0.5, 0.6) is 0 Å². The number of carboxylic acids is 1. The van der Waals surface area contributed by atoms with Crippen molar-refractivity contribution in [3.8, 4) is 0 Å². The van der Waals surface area contributed by atoms with E-state index in [1.807, 2.05) is 23.1 Å². The molecule has 27 heavy (non-hydrogen) atoms. The van der Waals surface area contributed by atoms with Crippen LogP contribution in [0.2, 0.25) is 0 Å². The Hall–Kier alpha value is -1.88. The number of amides is 1. The van der Waals surface area contributed by atoms with Gasteiger partial charge in [0.05, 0.1) is 17.4 Å². The third-order valence-corrected chi connectivity index (χ3v) is 6.69. The number of benzene rings is 1. The number of carbonyl (C=O) groups excluding carboxylic acids is 1. The van der Waals surface area contributed by atoms with Crippen LogP contribution in [0.25, 0.3) is 0 Å². The Bertz CT molecular complexity index is 648. The average Bonchev–Trinajstić information content (AvgIpc) is 3.20. The number of piperidine rings is 1. The number of likely N-dealkylation sites (tertiary alicyclic amines) is 1. The maximum absolute atomic E-state index is 13.5. The standard InChI is InChI=1S/C22H31NO4/c1-3-22(4-2,17-8-6-5-7-9-17)21(26)23-13-10-16(11-14-23)19-18(20(24)25)12-15-27-19/h5-9,16,18-19H,3-4,10-15H2,1-2H3,(H,24,25)/t18?,19-/m0/s1. The molecular formula is C22H31NO4. The lowest BCUT2D eigenvalue weighted by atomic mass is 9.74. The molecular weight excluding hydrogens is 342 g/mol. The van der Waals surface area contributed by atoms with E-state index in [9.17, 15) is 14.7 Å². The molecule has 0 aromatic heterocycles. The van der Waals surface area contributed by atoms with Gasteiger partial charge in [0.15, 0.2) is 0 Å². The van der Waals surface area contributed by atoms with Crippen molar-refractivity contribution in [1.82, 2.24) is 4.90 Å². The van der Waals surface area contributed by atoms with Gasteiger partial charge in [0, 0.05) is 19.7 Å². The Morgan fingerprint density at radius 1 is 1.11 bits per heavy atom. The minimum absolute atomic E-state index is 0.198. The van der Waals surface area contributed by atoms with Crippen LogP contribution in [0, 0.1) is 11.8 Å². The van der Waals surface area contributed by atoms with Gasteiger partial charge in [-0.05, 0) is 43.6 Å². The monoisotopic (exact) mass is 373 g/mol. The number of hydrogen-bond donors (Lipinski definition) is 1. The fraction of sp³-hybridized carbons (Fsp3) is 0.636. The molecule has 3 rings (SSSR count). The van der Waals surface area contributed by atoms with Crippen molar-refractivity contribution in [1.29, 1.82) is 0 Å². The predicted molar refractivity (Wildman–Crippen MR) is 103 cm³/mol. The molecule has 1 aromatic rings. The first-order chi connectivity index (χ1) is 13.0. The van der Waals surface area contributed by atoms with Gasteiger partial charge in [-0.3, -0.25) is 9.59 Å². The third kappa shape index (κ3) is 3.75. The van der Waals surface area contributed by atoms with E-state index in [0.29, 0.717) is 26.1 Å². The number of hydrogen-bond acceptors (Lipinski definition) is 3. The summed E-state index contributed by atoms with van der Waals surface area (Å²) in [6, 6.07) is 10.1. The number of rotatable bonds is 6. The molecule has 2 saturated heterocycles. The second-order valence-corrected chi connectivity index (χ2v) is 7.85. The predicted octanol–water partition coefficient (Wildman–Crippen LogP) is 3.47. The molecule has 1 unspecified atom stereocenters. The van der Waals surface area contributed by atoms with Crippen LogP contribution in [-0.4, -0.2) is 47.7 Å². The number of nitrogens with zero attached hydrogens (tertiary/aromatic N) is 1. The summed E-state index contributed by atoms with van der Waals surface area (Å²) in [6.07, 6.45) is 3.59. The zero-order valence-corrected chi connectivity index (χ0v) is 16.4. The van der Waals surface area contributed by atoms with E-state index in [4.69, 9.17) is 4.74 Å². The van der Waals surface area contributed by atoms with Crippen LogP contribution >= 0.6 is 0 Å². The lowest BCUT2D eigenvalue weighted by Crippen LogP contribution is -2.50. The number of carbonyl (C=O) groups is 2. The summed E-state index contributed by atoms with van der Waals surface area (Å²) < 4.78 is 5.76. The van der Waals surface area contributed by atoms with Gasteiger partial charge in [0.25, 0.3) is 0 Å². The van der Waals surface area contributed by atoms with Crippen LogP contribution in [0.4, 0.5) is 0 Å². The van der Waals surface area contributed by atoms with Crippen molar-refractivity contribution < 1.29 is 19.4 Å². The van der Waals surface area contributed by atoms with Gasteiger partial charge >= 0.3 is 5.97 Å². The summed E-state index contributed by atoms with van der Waals surface area (Å²) in [4.78, 5) is 26.9. The molecule has 0 saturated carbocycles. The minimum Gasteiger partial charge on any atom is -0.481 e. The van der Waals surface area contributed by atoms with Crippen molar-refractivity contribution in [2.24, 2.45) is 11.8 Å². The molecule has 1 amide bonds. The molecule has 0 spiro atoms. The van der Waals surface area contributed by atoms with Crippen molar-refractivity contribution in [2.45, 2.75) is 57.5 Å². The summed E-state index contributed by atoms with van der Waals surface area (Å²) >= 11 is 0. The van der Waals surface area contributed by atoms with Crippen molar-refractivity contribution in [2.75, 3.05) is 19.7 Å². The Morgan fingerprint density at radius 2 is 1.74 bits per heavy atom. The van der Waals surface area contributed by atoms with Crippen LogP contribution < -0.4 is 0 Å². The first-order valence-corrected chi connectivity index (χ1v) is 10.2. The number of ether oxygens (including phenoxy) is 1. The highest BCUT2D eigenvalue weighted by Gasteiger charge is 2.44. The summed E-state index contributed by atoms with van der Waals surface area (Å²) in [5, 5.41) is 9.41. The summed E-state index contributed by atoms with van der Waals surface area (Å²) in [7, 11) is 0. The maximum Gasteiger partial charge on any atom is 0.309 e. The smallest absolute Gasteiger partial charge is 0.309 e. The lowest BCUT2D eigenvalue weighted by Gasteiger charge is -2.41. The molecule has 2 fully saturated rings. The van der Waals surface area contributed by atoms with E-state index in [2.05, 4.69) is 26.0 Å². The van der Waals surface area contributed by atoms with E-state index in [1.54, 1.807) is 0 Å². The molecule has 5 heteroatoms. The topological polar surface area (TPSA) is 66.8 Å². The Kier molecular flexibility index (Phi) is 6.20. The highest BCUT2D eigenvalue weighted by Crippen LogP contribution is 2.37. The molecule has 148 valence electrons. The van der Waals surface area contributed by atoms with Crippen LogP contribution in [0.15, 0.2) is 30.3 Å². The van der Waals surface area contributed by atoms with Gasteiger partial charge in [-0.2, -0.15) is 0 Å². The molecule has 0 radical (unpaired) electrons. The summed E-state index contributed by atoms with van der Waals surface area (Å²) in [5.41, 5.74) is 0.619. The lowest BCUT2D eigenvalue weighted by molar-refractivity contribution is -0.146. The molecule has 1 aromatic carbocycles. The Balaban J connectivity index is 1.69. The summed E-state index contributed by atoms with van der Waals surface area (Å²) in [5.74, 6) is -0.714. The van der Waals surface area contributed by atoms with Gasteiger partial charge in [-0.15, -0.1) is 0 Å². The van der Waals surface area contributed by atoms with Crippen LogP contribution in [0.3, 0.4) is 0 Å². The molecule has 0 bridgehead atoms. The highest BCUT2D eigenvalue weighted by atomic mass is 16.5. The van der Waals surface area contributed by atoms with Gasteiger partial charge in [0.1, 0.15) is 0 Å². The normalized spacial score (nSPS) is 24.1. The highest BCUT2D eigenvalue weighted by molar-refractivity contribution is 5.88. The average molecular weight is 373 g/mol. The first kappa shape index (κ1) is 19.9. The zero-order chi connectivity index (χ0) is 19.4. The number of carboxylic acid groups (broad SMARTS) is 1.